The van der Waals surface area contributed by atoms with Crippen molar-refractivity contribution in [3.8, 4) is 0 Å². The molecule has 92 valence electrons. The summed E-state index contributed by atoms with van der Waals surface area (Å²) in [4.78, 5) is 1.34. The van der Waals surface area contributed by atoms with Crippen LogP contribution >= 0.6 is 11.3 Å². The lowest BCUT2D eigenvalue weighted by atomic mass is 10.0. The fraction of sp³-hybridized carbons (Fsp3) is 0.500. The van der Waals surface area contributed by atoms with Gasteiger partial charge in [0.1, 0.15) is 0 Å². The van der Waals surface area contributed by atoms with Crippen molar-refractivity contribution in [1.82, 2.24) is 15.5 Å². The molecule has 1 N–H and O–H groups in total. The molecule has 1 atom stereocenters. The number of hydrogen-bond acceptors (Lipinski definition) is 5. The molecule has 0 fully saturated rings. The quantitative estimate of drug-likeness (QED) is 0.887. The molecule has 0 spiro atoms. The summed E-state index contributed by atoms with van der Waals surface area (Å²) < 4.78 is 5.35. The van der Waals surface area contributed by atoms with Crippen molar-refractivity contribution in [2.75, 3.05) is 0 Å². The monoisotopic (exact) mass is 251 g/mol. The third kappa shape index (κ3) is 3.14. The van der Waals surface area contributed by atoms with E-state index in [9.17, 15) is 0 Å². The second-order valence-corrected chi connectivity index (χ2v) is 5.31. The standard InChI is InChI=1S/C12H17N3OS/c1-8(2)12(10-5-4-6-17-10)13-7-11-15-14-9(3)16-11/h4-6,8,12-13H,7H2,1-3H3. The van der Waals surface area contributed by atoms with Crippen LogP contribution < -0.4 is 5.32 Å². The Morgan fingerprint density at radius 3 is 2.76 bits per heavy atom. The molecule has 0 aliphatic heterocycles. The molecule has 0 aliphatic carbocycles. The van der Waals surface area contributed by atoms with Gasteiger partial charge in [0.2, 0.25) is 11.8 Å². The van der Waals surface area contributed by atoms with Crippen molar-refractivity contribution in [1.29, 1.82) is 0 Å². The molecule has 4 nitrogen and oxygen atoms in total. The Morgan fingerprint density at radius 2 is 2.24 bits per heavy atom. The molecular formula is C12H17N3OS. The Bertz CT molecular complexity index is 450. The van der Waals surface area contributed by atoms with E-state index in [1.54, 1.807) is 18.3 Å². The molecule has 17 heavy (non-hydrogen) atoms. The van der Waals surface area contributed by atoms with Gasteiger partial charge in [-0.25, -0.2) is 0 Å². The Morgan fingerprint density at radius 1 is 1.41 bits per heavy atom. The first kappa shape index (κ1) is 12.3. The minimum absolute atomic E-state index is 0.335. The lowest BCUT2D eigenvalue weighted by Crippen LogP contribution is -2.24. The summed E-state index contributed by atoms with van der Waals surface area (Å²) >= 11 is 1.77. The van der Waals surface area contributed by atoms with E-state index in [0.717, 1.165) is 0 Å². The van der Waals surface area contributed by atoms with Crippen LogP contribution in [-0.4, -0.2) is 10.2 Å². The molecular weight excluding hydrogens is 234 g/mol. The van der Waals surface area contributed by atoms with E-state index in [0.29, 0.717) is 30.3 Å². The number of thiophene rings is 1. The van der Waals surface area contributed by atoms with Crippen molar-refractivity contribution in [2.24, 2.45) is 5.92 Å². The number of hydrogen-bond donors (Lipinski definition) is 1. The van der Waals surface area contributed by atoms with Crippen LogP contribution in [0.15, 0.2) is 21.9 Å². The van der Waals surface area contributed by atoms with Gasteiger partial charge in [-0.15, -0.1) is 21.5 Å². The van der Waals surface area contributed by atoms with Gasteiger partial charge in [-0.2, -0.15) is 0 Å². The van der Waals surface area contributed by atoms with E-state index in [-0.39, 0.29) is 0 Å². The number of aryl methyl sites for hydroxylation is 1. The third-order valence-corrected chi connectivity index (χ3v) is 3.51. The van der Waals surface area contributed by atoms with E-state index in [1.165, 1.54) is 4.88 Å². The van der Waals surface area contributed by atoms with Crippen molar-refractivity contribution < 1.29 is 4.42 Å². The Balaban J connectivity index is 1.99. The average molecular weight is 251 g/mol. The second-order valence-electron chi connectivity index (χ2n) is 4.33. The Hall–Kier alpha value is -1.20. The molecule has 0 amide bonds. The molecule has 0 bridgehead atoms. The maximum Gasteiger partial charge on any atom is 0.230 e. The van der Waals surface area contributed by atoms with E-state index >= 15 is 0 Å². The van der Waals surface area contributed by atoms with Crippen molar-refractivity contribution in [3.63, 3.8) is 0 Å². The molecule has 2 heterocycles. The molecule has 2 rings (SSSR count). The van der Waals surface area contributed by atoms with Crippen LogP contribution in [-0.2, 0) is 6.54 Å². The number of aromatic nitrogens is 2. The first-order chi connectivity index (χ1) is 8.16. The molecule has 0 radical (unpaired) electrons. The van der Waals surface area contributed by atoms with Crippen LogP contribution in [0.3, 0.4) is 0 Å². The topological polar surface area (TPSA) is 51.0 Å². The maximum atomic E-state index is 5.35. The van der Waals surface area contributed by atoms with Gasteiger partial charge in [0.25, 0.3) is 0 Å². The lowest BCUT2D eigenvalue weighted by Gasteiger charge is -2.20. The zero-order valence-corrected chi connectivity index (χ0v) is 11.1. The highest BCUT2D eigenvalue weighted by Crippen LogP contribution is 2.25. The smallest absolute Gasteiger partial charge is 0.230 e. The van der Waals surface area contributed by atoms with Crippen LogP contribution in [0.1, 0.15) is 36.5 Å². The van der Waals surface area contributed by atoms with Crippen LogP contribution in [0.2, 0.25) is 0 Å². The minimum atomic E-state index is 0.335. The highest BCUT2D eigenvalue weighted by molar-refractivity contribution is 7.10. The van der Waals surface area contributed by atoms with E-state index < -0.39 is 0 Å². The van der Waals surface area contributed by atoms with Gasteiger partial charge < -0.3 is 9.73 Å². The van der Waals surface area contributed by atoms with Gasteiger partial charge in [0.05, 0.1) is 6.54 Å². The lowest BCUT2D eigenvalue weighted by molar-refractivity contribution is 0.377. The number of rotatable bonds is 5. The molecule has 0 saturated carbocycles. The highest BCUT2D eigenvalue weighted by atomic mass is 32.1. The zero-order valence-electron chi connectivity index (χ0n) is 10.3. The summed E-state index contributed by atoms with van der Waals surface area (Å²) in [6.45, 7) is 6.82. The van der Waals surface area contributed by atoms with Crippen molar-refractivity contribution >= 4 is 11.3 Å². The summed E-state index contributed by atoms with van der Waals surface area (Å²) in [5.41, 5.74) is 0. The first-order valence-corrected chi connectivity index (χ1v) is 6.60. The molecule has 0 aromatic carbocycles. The molecule has 0 saturated heterocycles. The maximum absolute atomic E-state index is 5.35. The minimum Gasteiger partial charge on any atom is -0.424 e. The van der Waals surface area contributed by atoms with Crippen molar-refractivity contribution in [3.05, 3.63) is 34.2 Å². The van der Waals surface area contributed by atoms with E-state index in [2.05, 4.69) is 46.9 Å². The number of nitrogens with one attached hydrogen (secondary N) is 1. The molecule has 5 heteroatoms. The average Bonchev–Trinajstić information content (AvgIpc) is 2.90. The summed E-state index contributed by atoms with van der Waals surface area (Å²) in [5, 5.41) is 13.4. The predicted octanol–water partition coefficient (Wildman–Crippen LogP) is 2.93. The summed E-state index contributed by atoms with van der Waals surface area (Å²) in [6.07, 6.45) is 0. The second kappa shape index (κ2) is 5.42. The predicted molar refractivity (Wildman–Crippen MR) is 67.8 cm³/mol. The van der Waals surface area contributed by atoms with E-state index in [4.69, 9.17) is 4.42 Å². The highest BCUT2D eigenvalue weighted by Gasteiger charge is 2.17. The summed E-state index contributed by atoms with van der Waals surface area (Å²) in [5.74, 6) is 1.78. The summed E-state index contributed by atoms with van der Waals surface area (Å²) in [7, 11) is 0. The largest absolute Gasteiger partial charge is 0.424 e. The molecule has 2 aromatic heterocycles. The van der Waals surface area contributed by atoms with Crippen LogP contribution in [0.5, 0.6) is 0 Å². The molecule has 2 aromatic rings. The Kier molecular flexibility index (Phi) is 3.91. The van der Waals surface area contributed by atoms with Gasteiger partial charge in [-0.3, -0.25) is 0 Å². The fourth-order valence-corrected chi connectivity index (χ4v) is 2.71. The third-order valence-electron chi connectivity index (χ3n) is 2.56. The van der Waals surface area contributed by atoms with Crippen LogP contribution in [0.4, 0.5) is 0 Å². The van der Waals surface area contributed by atoms with Crippen molar-refractivity contribution in [2.45, 2.75) is 33.4 Å². The normalized spacial score (nSPS) is 13.2. The van der Waals surface area contributed by atoms with Gasteiger partial charge in [0, 0.05) is 17.8 Å². The van der Waals surface area contributed by atoms with Gasteiger partial charge in [0.15, 0.2) is 0 Å². The first-order valence-electron chi connectivity index (χ1n) is 5.72. The molecule has 1 unspecified atom stereocenters. The van der Waals surface area contributed by atoms with Gasteiger partial charge in [-0.1, -0.05) is 19.9 Å². The van der Waals surface area contributed by atoms with Gasteiger partial charge in [-0.05, 0) is 17.4 Å². The van der Waals surface area contributed by atoms with Gasteiger partial charge >= 0.3 is 0 Å². The van der Waals surface area contributed by atoms with Crippen LogP contribution in [0, 0.1) is 12.8 Å². The zero-order chi connectivity index (χ0) is 12.3. The molecule has 0 aliphatic rings. The summed E-state index contributed by atoms with van der Waals surface area (Å²) in [6, 6.07) is 4.57. The number of nitrogens with zero attached hydrogens (tertiary/aromatic N) is 2. The fourth-order valence-electron chi connectivity index (χ4n) is 1.74. The Labute approximate surface area is 105 Å². The SMILES string of the molecule is Cc1nnc(CNC(c2cccs2)C(C)C)o1. The van der Waals surface area contributed by atoms with E-state index in [1.807, 2.05) is 0 Å². The van der Waals surface area contributed by atoms with Crippen LogP contribution in [0.25, 0.3) is 0 Å².